The first-order valence-electron chi connectivity index (χ1n) is 8.05. The van der Waals surface area contributed by atoms with E-state index in [1.54, 1.807) is 25.5 Å². The molecule has 24 heavy (non-hydrogen) atoms. The molecule has 0 radical (unpaired) electrons. The third-order valence-electron chi connectivity index (χ3n) is 3.41. The van der Waals surface area contributed by atoms with E-state index in [1.807, 2.05) is 24.3 Å². The predicted octanol–water partition coefficient (Wildman–Crippen LogP) is 2.93. The number of benzene rings is 1. The van der Waals surface area contributed by atoms with Crippen molar-refractivity contribution in [2.24, 2.45) is 4.99 Å². The molecule has 0 spiro atoms. The summed E-state index contributed by atoms with van der Waals surface area (Å²) in [6.45, 7) is 2.35. The van der Waals surface area contributed by atoms with E-state index in [0.717, 1.165) is 43.4 Å². The van der Waals surface area contributed by atoms with Crippen molar-refractivity contribution in [3.05, 3.63) is 46.7 Å². The number of rotatable bonds is 9. The third kappa shape index (κ3) is 6.50. The van der Waals surface area contributed by atoms with Crippen molar-refractivity contribution in [1.29, 1.82) is 0 Å². The highest BCUT2D eigenvalue weighted by Crippen LogP contribution is 2.16. The Balaban J connectivity index is 1.56. The van der Waals surface area contributed by atoms with Crippen LogP contribution in [0.15, 0.2) is 46.8 Å². The molecule has 6 heteroatoms. The fourth-order valence-electron chi connectivity index (χ4n) is 2.12. The van der Waals surface area contributed by atoms with Gasteiger partial charge in [0.1, 0.15) is 11.5 Å². The molecule has 0 amide bonds. The van der Waals surface area contributed by atoms with E-state index in [4.69, 9.17) is 9.47 Å². The van der Waals surface area contributed by atoms with E-state index in [2.05, 4.69) is 33.1 Å². The molecule has 0 saturated carbocycles. The van der Waals surface area contributed by atoms with Gasteiger partial charge in [-0.1, -0.05) is 6.07 Å². The molecule has 0 bridgehead atoms. The fraction of sp³-hybridized carbons (Fsp3) is 0.389. The highest BCUT2D eigenvalue weighted by Gasteiger charge is 1.99. The van der Waals surface area contributed by atoms with Crippen molar-refractivity contribution in [2.45, 2.75) is 12.8 Å². The Labute approximate surface area is 147 Å². The Kier molecular flexibility index (Phi) is 7.97. The number of guanidine groups is 1. The van der Waals surface area contributed by atoms with E-state index in [9.17, 15) is 0 Å². The molecule has 0 saturated heterocycles. The Morgan fingerprint density at radius 2 is 1.83 bits per heavy atom. The minimum absolute atomic E-state index is 0.658. The zero-order valence-electron chi connectivity index (χ0n) is 14.2. The SMILES string of the molecule is CN=C(NCCCOc1ccc(OC)cc1)NCCc1cccs1. The first kappa shape index (κ1) is 18.1. The minimum Gasteiger partial charge on any atom is -0.497 e. The zero-order valence-corrected chi connectivity index (χ0v) is 15.1. The second-order valence-corrected chi connectivity index (χ2v) is 6.16. The molecule has 0 fully saturated rings. The van der Waals surface area contributed by atoms with Gasteiger partial charge in [0.05, 0.1) is 13.7 Å². The lowest BCUT2D eigenvalue weighted by molar-refractivity contribution is 0.310. The number of nitrogens with one attached hydrogen (secondary N) is 2. The lowest BCUT2D eigenvalue weighted by atomic mass is 10.3. The number of ether oxygens (including phenoxy) is 2. The standard InChI is InChI=1S/C18H25N3O2S/c1-19-18(21-12-10-17-5-3-14-24-17)20-11-4-13-23-16-8-6-15(22-2)7-9-16/h3,5-9,14H,4,10-13H2,1-2H3,(H2,19,20,21). The van der Waals surface area contributed by atoms with Crippen LogP contribution in [0.25, 0.3) is 0 Å². The summed E-state index contributed by atoms with van der Waals surface area (Å²) in [4.78, 5) is 5.61. The van der Waals surface area contributed by atoms with Crippen LogP contribution >= 0.6 is 11.3 Å². The van der Waals surface area contributed by atoms with E-state index in [0.29, 0.717) is 6.61 Å². The summed E-state index contributed by atoms with van der Waals surface area (Å²) in [5.41, 5.74) is 0. The summed E-state index contributed by atoms with van der Waals surface area (Å²) in [5.74, 6) is 2.52. The molecule has 0 unspecified atom stereocenters. The normalized spacial score (nSPS) is 11.2. The number of hydrogen-bond donors (Lipinski definition) is 2. The van der Waals surface area contributed by atoms with Crippen LogP contribution in [0.4, 0.5) is 0 Å². The molecular formula is C18H25N3O2S. The fourth-order valence-corrected chi connectivity index (χ4v) is 2.83. The van der Waals surface area contributed by atoms with Crippen molar-refractivity contribution in [1.82, 2.24) is 10.6 Å². The lowest BCUT2D eigenvalue weighted by Gasteiger charge is -2.12. The van der Waals surface area contributed by atoms with Gasteiger partial charge in [0.2, 0.25) is 0 Å². The molecule has 0 atom stereocenters. The van der Waals surface area contributed by atoms with E-state index in [-0.39, 0.29) is 0 Å². The van der Waals surface area contributed by atoms with E-state index < -0.39 is 0 Å². The van der Waals surface area contributed by atoms with Crippen LogP contribution < -0.4 is 20.1 Å². The maximum absolute atomic E-state index is 5.70. The Morgan fingerprint density at radius 3 is 2.50 bits per heavy atom. The van der Waals surface area contributed by atoms with Gasteiger partial charge in [0, 0.05) is 25.0 Å². The largest absolute Gasteiger partial charge is 0.497 e. The summed E-state index contributed by atoms with van der Waals surface area (Å²) in [5, 5.41) is 8.72. The van der Waals surface area contributed by atoms with Crippen LogP contribution in [0.1, 0.15) is 11.3 Å². The van der Waals surface area contributed by atoms with Crippen molar-refractivity contribution < 1.29 is 9.47 Å². The maximum atomic E-state index is 5.70. The number of hydrogen-bond acceptors (Lipinski definition) is 4. The monoisotopic (exact) mass is 347 g/mol. The molecule has 0 aliphatic rings. The summed E-state index contributed by atoms with van der Waals surface area (Å²) < 4.78 is 10.8. The highest BCUT2D eigenvalue weighted by molar-refractivity contribution is 7.09. The Hall–Kier alpha value is -2.21. The summed E-state index contributed by atoms with van der Waals surface area (Å²) in [6.07, 6.45) is 1.91. The molecule has 0 aliphatic heterocycles. The molecule has 2 N–H and O–H groups in total. The van der Waals surface area contributed by atoms with E-state index >= 15 is 0 Å². The van der Waals surface area contributed by atoms with Gasteiger partial charge in [-0.05, 0) is 48.6 Å². The number of methoxy groups -OCH3 is 1. The molecular weight excluding hydrogens is 322 g/mol. The maximum Gasteiger partial charge on any atom is 0.190 e. The molecule has 1 aromatic carbocycles. The Bertz CT molecular complexity index is 597. The molecule has 5 nitrogen and oxygen atoms in total. The van der Waals surface area contributed by atoms with Crippen LogP contribution in [0.5, 0.6) is 11.5 Å². The van der Waals surface area contributed by atoms with Crippen LogP contribution in [-0.4, -0.2) is 39.8 Å². The summed E-state index contributed by atoms with van der Waals surface area (Å²) >= 11 is 1.78. The van der Waals surface area contributed by atoms with Crippen molar-refractivity contribution in [3.8, 4) is 11.5 Å². The van der Waals surface area contributed by atoms with Crippen LogP contribution in [0.3, 0.4) is 0 Å². The van der Waals surface area contributed by atoms with E-state index in [1.165, 1.54) is 4.88 Å². The molecule has 1 heterocycles. The van der Waals surface area contributed by atoms with Gasteiger partial charge in [0.25, 0.3) is 0 Å². The predicted molar refractivity (Wildman–Crippen MR) is 100 cm³/mol. The van der Waals surface area contributed by atoms with Crippen LogP contribution in [0.2, 0.25) is 0 Å². The van der Waals surface area contributed by atoms with Gasteiger partial charge in [-0.3, -0.25) is 4.99 Å². The van der Waals surface area contributed by atoms with Gasteiger partial charge in [-0.2, -0.15) is 0 Å². The van der Waals surface area contributed by atoms with Gasteiger partial charge >= 0.3 is 0 Å². The molecule has 130 valence electrons. The van der Waals surface area contributed by atoms with Crippen LogP contribution in [-0.2, 0) is 6.42 Å². The average Bonchev–Trinajstić information content (AvgIpc) is 3.14. The number of aliphatic imine (C=N–C) groups is 1. The second kappa shape index (κ2) is 10.5. The van der Waals surface area contributed by atoms with Gasteiger partial charge in [-0.25, -0.2) is 0 Å². The summed E-state index contributed by atoms with van der Waals surface area (Å²) in [6, 6.07) is 11.9. The quantitative estimate of drug-likeness (QED) is 0.416. The third-order valence-corrected chi connectivity index (χ3v) is 4.35. The zero-order chi connectivity index (χ0) is 17.0. The smallest absolute Gasteiger partial charge is 0.190 e. The molecule has 1 aromatic heterocycles. The number of thiophene rings is 1. The Morgan fingerprint density at radius 1 is 1.08 bits per heavy atom. The highest BCUT2D eigenvalue weighted by atomic mass is 32.1. The second-order valence-electron chi connectivity index (χ2n) is 5.13. The van der Waals surface area contributed by atoms with Crippen molar-refractivity contribution in [2.75, 3.05) is 33.9 Å². The average molecular weight is 347 g/mol. The van der Waals surface area contributed by atoms with Gasteiger partial charge in [0.15, 0.2) is 5.96 Å². The molecule has 2 aromatic rings. The van der Waals surface area contributed by atoms with Gasteiger partial charge in [-0.15, -0.1) is 11.3 Å². The lowest BCUT2D eigenvalue weighted by Crippen LogP contribution is -2.39. The topological polar surface area (TPSA) is 54.9 Å². The minimum atomic E-state index is 0.658. The molecule has 0 aliphatic carbocycles. The van der Waals surface area contributed by atoms with Gasteiger partial charge < -0.3 is 20.1 Å². The van der Waals surface area contributed by atoms with Crippen molar-refractivity contribution in [3.63, 3.8) is 0 Å². The first-order chi connectivity index (χ1) is 11.8. The van der Waals surface area contributed by atoms with Crippen LogP contribution in [0, 0.1) is 0 Å². The summed E-state index contributed by atoms with van der Waals surface area (Å²) in [7, 11) is 3.44. The number of nitrogens with zero attached hydrogens (tertiary/aromatic N) is 1. The first-order valence-corrected chi connectivity index (χ1v) is 8.93. The van der Waals surface area contributed by atoms with Crippen molar-refractivity contribution >= 4 is 17.3 Å². The molecule has 2 rings (SSSR count).